The van der Waals surface area contributed by atoms with Gasteiger partial charge in [-0.3, -0.25) is 4.72 Å². The molecule has 0 unspecified atom stereocenters. The zero-order valence-corrected chi connectivity index (χ0v) is 12.4. The van der Waals surface area contributed by atoms with E-state index in [0.29, 0.717) is 5.69 Å². The molecule has 108 valence electrons. The molecule has 5 nitrogen and oxygen atoms in total. The molecule has 0 aliphatic rings. The van der Waals surface area contributed by atoms with Gasteiger partial charge < -0.3 is 9.52 Å². The van der Waals surface area contributed by atoms with Crippen LogP contribution in [0.5, 0.6) is 0 Å². The van der Waals surface area contributed by atoms with Gasteiger partial charge in [0.1, 0.15) is 23.0 Å². The average Bonchev–Trinajstić information content (AvgIpc) is 2.76. The summed E-state index contributed by atoms with van der Waals surface area (Å²) < 4.78 is 32.3. The van der Waals surface area contributed by atoms with Crippen molar-refractivity contribution >= 4 is 15.7 Å². The fraction of sp³-hybridized carbons (Fsp3) is 0.286. The molecule has 0 aliphatic heterocycles. The van der Waals surface area contributed by atoms with Crippen molar-refractivity contribution < 1.29 is 17.9 Å². The van der Waals surface area contributed by atoms with Crippen LogP contribution in [0.15, 0.2) is 33.6 Å². The van der Waals surface area contributed by atoms with E-state index >= 15 is 0 Å². The number of aryl methyl sites for hydroxylation is 3. The van der Waals surface area contributed by atoms with E-state index in [-0.39, 0.29) is 23.0 Å². The Hall–Kier alpha value is -1.79. The second-order valence-corrected chi connectivity index (χ2v) is 6.35. The van der Waals surface area contributed by atoms with Gasteiger partial charge >= 0.3 is 0 Å². The number of aliphatic hydroxyl groups excluding tert-OH is 1. The summed E-state index contributed by atoms with van der Waals surface area (Å²) >= 11 is 0. The molecule has 6 heteroatoms. The van der Waals surface area contributed by atoms with Gasteiger partial charge in [-0.15, -0.1) is 0 Å². The molecule has 2 N–H and O–H groups in total. The van der Waals surface area contributed by atoms with E-state index in [1.165, 1.54) is 6.07 Å². The predicted octanol–water partition coefficient (Wildman–Crippen LogP) is 2.50. The number of aliphatic hydroxyl groups is 1. The summed E-state index contributed by atoms with van der Waals surface area (Å²) in [6.45, 7) is 5.09. The van der Waals surface area contributed by atoms with Crippen LogP contribution in [-0.4, -0.2) is 13.5 Å². The van der Waals surface area contributed by atoms with Crippen LogP contribution in [0, 0.1) is 20.8 Å². The minimum atomic E-state index is -3.72. The lowest BCUT2D eigenvalue weighted by Crippen LogP contribution is -2.13. The van der Waals surface area contributed by atoms with Gasteiger partial charge in [-0.25, -0.2) is 8.42 Å². The molecule has 20 heavy (non-hydrogen) atoms. The Kier molecular flexibility index (Phi) is 3.87. The monoisotopic (exact) mass is 295 g/mol. The first-order valence-corrected chi connectivity index (χ1v) is 7.62. The zero-order valence-electron chi connectivity index (χ0n) is 11.6. The zero-order chi connectivity index (χ0) is 14.9. The molecule has 0 spiro atoms. The van der Waals surface area contributed by atoms with Crippen LogP contribution in [0.1, 0.15) is 22.6 Å². The first-order chi connectivity index (χ1) is 9.33. The second kappa shape index (κ2) is 5.30. The number of hydrogen-bond acceptors (Lipinski definition) is 4. The first-order valence-electron chi connectivity index (χ1n) is 6.13. The highest BCUT2D eigenvalue weighted by Gasteiger charge is 2.21. The van der Waals surface area contributed by atoms with E-state index in [1.54, 1.807) is 19.1 Å². The van der Waals surface area contributed by atoms with Crippen molar-refractivity contribution in [3.63, 3.8) is 0 Å². The van der Waals surface area contributed by atoms with Crippen molar-refractivity contribution in [3.8, 4) is 0 Å². The number of hydrogen-bond donors (Lipinski definition) is 2. The van der Waals surface area contributed by atoms with E-state index in [4.69, 9.17) is 9.52 Å². The summed E-state index contributed by atoms with van der Waals surface area (Å²) in [7, 11) is -3.72. The smallest absolute Gasteiger partial charge is 0.265 e. The quantitative estimate of drug-likeness (QED) is 0.908. The Labute approximate surface area is 118 Å². The third-order valence-electron chi connectivity index (χ3n) is 3.13. The maximum absolute atomic E-state index is 12.3. The maximum Gasteiger partial charge on any atom is 0.265 e. The molecule has 1 aromatic heterocycles. The van der Waals surface area contributed by atoms with Crippen molar-refractivity contribution in [2.24, 2.45) is 0 Å². The predicted molar refractivity (Wildman–Crippen MR) is 76.1 cm³/mol. The molecule has 2 rings (SSSR count). The minimum absolute atomic E-state index is 0.0415. The number of nitrogens with one attached hydrogen (secondary N) is 1. The Morgan fingerprint density at radius 1 is 1.15 bits per heavy atom. The standard InChI is InChI=1S/C14H17NO4S/c1-9-4-5-12(6-10(9)2)15-20(17,18)14-7-13(8-16)19-11(14)3/h4-7,15-16H,8H2,1-3H3. The molecule has 1 heterocycles. The van der Waals surface area contributed by atoms with Gasteiger partial charge in [0.05, 0.1) is 0 Å². The molecule has 0 saturated carbocycles. The van der Waals surface area contributed by atoms with E-state index in [0.717, 1.165) is 11.1 Å². The molecule has 0 bridgehead atoms. The molecule has 0 fully saturated rings. The van der Waals surface area contributed by atoms with Gasteiger partial charge in [-0.05, 0) is 44.0 Å². The van der Waals surface area contributed by atoms with Crippen molar-refractivity contribution in [2.45, 2.75) is 32.3 Å². The van der Waals surface area contributed by atoms with Crippen molar-refractivity contribution in [1.29, 1.82) is 0 Å². The van der Waals surface area contributed by atoms with Crippen LogP contribution in [0.3, 0.4) is 0 Å². The molecule has 0 aliphatic carbocycles. The summed E-state index contributed by atoms with van der Waals surface area (Å²) in [5.41, 5.74) is 2.60. The normalized spacial score (nSPS) is 11.6. The van der Waals surface area contributed by atoms with Gasteiger partial charge in [0.15, 0.2) is 0 Å². The SMILES string of the molecule is Cc1ccc(NS(=O)(=O)c2cc(CO)oc2C)cc1C. The van der Waals surface area contributed by atoms with Crippen LogP contribution in [0.4, 0.5) is 5.69 Å². The van der Waals surface area contributed by atoms with Gasteiger partial charge in [-0.1, -0.05) is 6.07 Å². The van der Waals surface area contributed by atoms with E-state index < -0.39 is 10.0 Å². The fourth-order valence-corrected chi connectivity index (χ4v) is 3.14. The molecular formula is C14H17NO4S. The Morgan fingerprint density at radius 3 is 2.40 bits per heavy atom. The third kappa shape index (κ3) is 2.86. The van der Waals surface area contributed by atoms with Crippen molar-refractivity contribution in [3.05, 3.63) is 46.9 Å². The Morgan fingerprint density at radius 2 is 1.85 bits per heavy atom. The van der Waals surface area contributed by atoms with Crippen LogP contribution in [0.25, 0.3) is 0 Å². The molecule has 1 aromatic carbocycles. The van der Waals surface area contributed by atoms with Crippen LogP contribution in [-0.2, 0) is 16.6 Å². The summed E-state index contributed by atoms with van der Waals surface area (Å²) in [4.78, 5) is 0.0415. The van der Waals surface area contributed by atoms with Gasteiger partial charge in [0, 0.05) is 11.8 Å². The highest BCUT2D eigenvalue weighted by atomic mass is 32.2. The van der Waals surface area contributed by atoms with E-state index in [2.05, 4.69) is 4.72 Å². The van der Waals surface area contributed by atoms with E-state index in [1.807, 2.05) is 19.9 Å². The third-order valence-corrected chi connectivity index (χ3v) is 4.62. The number of anilines is 1. The highest BCUT2D eigenvalue weighted by molar-refractivity contribution is 7.92. The molecule has 2 aromatic rings. The highest BCUT2D eigenvalue weighted by Crippen LogP contribution is 2.23. The summed E-state index contributed by atoms with van der Waals surface area (Å²) in [5, 5.41) is 8.99. The lowest BCUT2D eigenvalue weighted by atomic mass is 10.1. The number of benzene rings is 1. The number of sulfonamides is 1. The van der Waals surface area contributed by atoms with E-state index in [9.17, 15) is 8.42 Å². The topological polar surface area (TPSA) is 79.5 Å². The molecule has 0 radical (unpaired) electrons. The lowest BCUT2D eigenvalue weighted by molar-refractivity contribution is 0.245. The molecule has 0 saturated heterocycles. The van der Waals surface area contributed by atoms with Crippen molar-refractivity contribution in [2.75, 3.05) is 4.72 Å². The summed E-state index contributed by atoms with van der Waals surface area (Å²) in [6, 6.07) is 6.67. The molecule has 0 amide bonds. The number of furan rings is 1. The largest absolute Gasteiger partial charge is 0.462 e. The second-order valence-electron chi connectivity index (χ2n) is 4.70. The number of rotatable bonds is 4. The minimum Gasteiger partial charge on any atom is -0.462 e. The van der Waals surface area contributed by atoms with Crippen LogP contribution >= 0.6 is 0 Å². The summed E-state index contributed by atoms with van der Waals surface area (Å²) in [6.07, 6.45) is 0. The molecule has 0 atom stereocenters. The Balaban J connectivity index is 2.35. The fourth-order valence-electron chi connectivity index (χ4n) is 1.88. The van der Waals surface area contributed by atoms with Gasteiger partial charge in [0.25, 0.3) is 10.0 Å². The van der Waals surface area contributed by atoms with Crippen LogP contribution in [0.2, 0.25) is 0 Å². The molecular weight excluding hydrogens is 278 g/mol. The Bertz CT molecular complexity index is 732. The van der Waals surface area contributed by atoms with Crippen LogP contribution < -0.4 is 4.72 Å². The first kappa shape index (κ1) is 14.6. The maximum atomic E-state index is 12.3. The van der Waals surface area contributed by atoms with Gasteiger partial charge in [0.2, 0.25) is 0 Å². The van der Waals surface area contributed by atoms with Gasteiger partial charge in [-0.2, -0.15) is 0 Å². The van der Waals surface area contributed by atoms with Crippen molar-refractivity contribution in [1.82, 2.24) is 0 Å². The lowest BCUT2D eigenvalue weighted by Gasteiger charge is -2.09. The average molecular weight is 295 g/mol. The summed E-state index contributed by atoms with van der Waals surface area (Å²) in [5.74, 6) is 0.480.